The van der Waals surface area contributed by atoms with Gasteiger partial charge in [-0.05, 0) is 24.0 Å². The first-order chi connectivity index (χ1) is 10.9. The summed E-state index contributed by atoms with van der Waals surface area (Å²) in [5, 5.41) is 0. The molecule has 0 aliphatic heterocycles. The van der Waals surface area contributed by atoms with Crippen LogP contribution in [-0.4, -0.2) is 25.5 Å². The van der Waals surface area contributed by atoms with E-state index < -0.39 is 0 Å². The highest BCUT2D eigenvalue weighted by atomic mass is 14.7. The summed E-state index contributed by atoms with van der Waals surface area (Å²) in [6.45, 7) is 1.84. The molecule has 0 aliphatic carbocycles. The molecule has 0 unspecified atom stereocenters. The largest absolute Gasteiger partial charge is 0.293 e. The lowest BCUT2D eigenvalue weighted by atomic mass is 10.2. The Bertz CT molecular complexity index is 505. The van der Waals surface area contributed by atoms with E-state index in [1.165, 1.54) is 24.0 Å². The maximum atomic E-state index is 4.46. The highest BCUT2D eigenvalue weighted by Crippen LogP contribution is 2.01. The van der Waals surface area contributed by atoms with Crippen molar-refractivity contribution in [3.63, 3.8) is 0 Å². The zero-order valence-corrected chi connectivity index (χ0v) is 13.1. The summed E-state index contributed by atoms with van der Waals surface area (Å²) in [5.41, 5.74) is 2.36. The van der Waals surface area contributed by atoms with E-state index in [-0.39, 0.29) is 0 Å². The molecule has 2 rings (SSSR count). The molecule has 114 valence electrons. The molecule has 0 saturated heterocycles. The molecule has 0 aliphatic rings. The van der Waals surface area contributed by atoms with Crippen LogP contribution in [0.4, 0.5) is 0 Å². The van der Waals surface area contributed by atoms with Crippen LogP contribution in [0, 0.1) is 0 Å². The summed E-state index contributed by atoms with van der Waals surface area (Å²) in [5.74, 6) is 0. The van der Waals surface area contributed by atoms with Gasteiger partial charge in [0.15, 0.2) is 0 Å². The molecule has 2 aromatic rings. The van der Waals surface area contributed by atoms with Crippen LogP contribution in [0.5, 0.6) is 0 Å². The zero-order valence-electron chi connectivity index (χ0n) is 13.1. The van der Waals surface area contributed by atoms with Gasteiger partial charge in [-0.25, -0.2) is 0 Å². The lowest BCUT2D eigenvalue weighted by Crippen LogP contribution is -1.88. The second kappa shape index (κ2) is 10.5. The molecule has 0 spiro atoms. The quantitative estimate of drug-likeness (QED) is 0.469. The Morgan fingerprint density at radius 3 is 1.36 bits per heavy atom. The molecular formula is C20H24N2. The van der Waals surface area contributed by atoms with Crippen molar-refractivity contribution in [3.8, 4) is 0 Å². The normalized spacial score (nSPS) is 11.5. The highest BCUT2D eigenvalue weighted by Gasteiger charge is 1.89. The Morgan fingerprint density at radius 1 is 0.545 bits per heavy atom. The zero-order chi connectivity index (χ0) is 15.3. The number of rotatable bonds is 9. The average molecular weight is 292 g/mol. The predicted molar refractivity (Wildman–Crippen MR) is 96.3 cm³/mol. The Hall–Kier alpha value is -2.22. The fourth-order valence-electron chi connectivity index (χ4n) is 2.18. The summed E-state index contributed by atoms with van der Waals surface area (Å²) >= 11 is 0. The second-order valence-corrected chi connectivity index (χ2v) is 5.31. The van der Waals surface area contributed by atoms with Gasteiger partial charge in [0.2, 0.25) is 0 Å². The van der Waals surface area contributed by atoms with Crippen LogP contribution in [0.1, 0.15) is 36.8 Å². The first kappa shape index (κ1) is 16.2. The summed E-state index contributed by atoms with van der Waals surface area (Å²) in [6, 6.07) is 20.5. The van der Waals surface area contributed by atoms with Crippen LogP contribution in [0.2, 0.25) is 0 Å². The maximum absolute atomic E-state index is 4.46. The minimum Gasteiger partial charge on any atom is -0.293 e. The minimum atomic E-state index is 0.919. The lowest BCUT2D eigenvalue weighted by Gasteiger charge is -1.97. The Balaban J connectivity index is 1.48. The topological polar surface area (TPSA) is 24.7 Å². The third-order valence-electron chi connectivity index (χ3n) is 3.40. The molecule has 0 amide bonds. The van der Waals surface area contributed by atoms with Gasteiger partial charge in [0.05, 0.1) is 0 Å². The van der Waals surface area contributed by atoms with Crippen LogP contribution in [0.3, 0.4) is 0 Å². The van der Waals surface area contributed by atoms with Crippen molar-refractivity contribution in [2.45, 2.75) is 25.7 Å². The standard InChI is InChI=1S/C20H24N2/c1(9-15-21-17-19-11-5-3-6-12-19)2-10-16-22-18-20-13-7-4-8-14-20/h3-8,11-14,17-18H,1-2,9-10,15-16H2. The molecule has 0 fully saturated rings. The number of nitrogens with zero attached hydrogens (tertiary/aromatic N) is 2. The van der Waals surface area contributed by atoms with Gasteiger partial charge in [-0.2, -0.15) is 0 Å². The Morgan fingerprint density at radius 2 is 0.955 bits per heavy atom. The molecule has 0 aromatic heterocycles. The molecule has 0 bridgehead atoms. The number of aliphatic imine (C=N–C) groups is 2. The van der Waals surface area contributed by atoms with Gasteiger partial charge < -0.3 is 0 Å². The fourth-order valence-corrected chi connectivity index (χ4v) is 2.18. The lowest BCUT2D eigenvalue weighted by molar-refractivity contribution is 0.655. The Kier molecular flexibility index (Phi) is 7.71. The third-order valence-corrected chi connectivity index (χ3v) is 3.40. The summed E-state index contributed by atoms with van der Waals surface area (Å²) in [6.07, 6.45) is 8.70. The van der Waals surface area contributed by atoms with Crippen molar-refractivity contribution in [2.75, 3.05) is 13.1 Å². The van der Waals surface area contributed by atoms with E-state index in [2.05, 4.69) is 34.3 Å². The van der Waals surface area contributed by atoms with Gasteiger partial charge in [-0.15, -0.1) is 0 Å². The van der Waals surface area contributed by atoms with Gasteiger partial charge >= 0.3 is 0 Å². The van der Waals surface area contributed by atoms with E-state index in [0.717, 1.165) is 25.9 Å². The third kappa shape index (κ3) is 6.98. The molecular weight excluding hydrogens is 268 g/mol. The van der Waals surface area contributed by atoms with E-state index in [0.29, 0.717) is 0 Å². The van der Waals surface area contributed by atoms with Crippen LogP contribution >= 0.6 is 0 Å². The van der Waals surface area contributed by atoms with Crippen molar-refractivity contribution in [3.05, 3.63) is 71.8 Å². The van der Waals surface area contributed by atoms with Gasteiger partial charge in [0.25, 0.3) is 0 Å². The van der Waals surface area contributed by atoms with Gasteiger partial charge in [-0.3, -0.25) is 9.98 Å². The van der Waals surface area contributed by atoms with Crippen LogP contribution in [-0.2, 0) is 0 Å². The average Bonchev–Trinajstić information content (AvgIpc) is 2.58. The van der Waals surface area contributed by atoms with Crippen LogP contribution < -0.4 is 0 Å². The first-order valence-electron chi connectivity index (χ1n) is 8.05. The molecule has 0 radical (unpaired) electrons. The monoisotopic (exact) mass is 292 g/mol. The number of benzene rings is 2. The smallest absolute Gasteiger partial charge is 0.0389 e. The van der Waals surface area contributed by atoms with E-state index in [4.69, 9.17) is 0 Å². The van der Waals surface area contributed by atoms with Crippen molar-refractivity contribution < 1.29 is 0 Å². The van der Waals surface area contributed by atoms with Gasteiger partial charge in [-0.1, -0.05) is 73.5 Å². The molecule has 22 heavy (non-hydrogen) atoms. The van der Waals surface area contributed by atoms with Crippen molar-refractivity contribution in [1.82, 2.24) is 0 Å². The van der Waals surface area contributed by atoms with E-state index in [1.54, 1.807) is 0 Å². The van der Waals surface area contributed by atoms with E-state index in [1.807, 2.05) is 48.8 Å². The van der Waals surface area contributed by atoms with Gasteiger partial charge in [0.1, 0.15) is 0 Å². The van der Waals surface area contributed by atoms with Crippen molar-refractivity contribution in [1.29, 1.82) is 0 Å². The molecule has 0 N–H and O–H groups in total. The predicted octanol–water partition coefficient (Wildman–Crippen LogP) is 4.79. The summed E-state index contributed by atoms with van der Waals surface area (Å²) < 4.78 is 0. The molecule has 0 saturated carbocycles. The minimum absolute atomic E-state index is 0.919. The SMILES string of the molecule is C(=NCCCCCCN=Cc1ccccc1)c1ccccc1. The van der Waals surface area contributed by atoms with Gasteiger partial charge in [0, 0.05) is 25.5 Å². The number of hydrogen-bond acceptors (Lipinski definition) is 2. The highest BCUT2D eigenvalue weighted by molar-refractivity contribution is 5.79. The van der Waals surface area contributed by atoms with Crippen molar-refractivity contribution in [2.24, 2.45) is 9.98 Å². The molecule has 0 atom stereocenters. The Labute approximate surface area is 133 Å². The molecule has 0 heterocycles. The van der Waals surface area contributed by atoms with Crippen molar-refractivity contribution >= 4 is 12.4 Å². The summed E-state index contributed by atoms with van der Waals surface area (Å²) in [4.78, 5) is 8.92. The molecule has 2 nitrogen and oxygen atoms in total. The van der Waals surface area contributed by atoms with E-state index >= 15 is 0 Å². The number of hydrogen-bond donors (Lipinski definition) is 0. The molecule has 2 aromatic carbocycles. The first-order valence-corrected chi connectivity index (χ1v) is 8.05. The van der Waals surface area contributed by atoms with Crippen LogP contribution in [0.15, 0.2) is 70.6 Å². The second-order valence-electron chi connectivity index (χ2n) is 5.31. The van der Waals surface area contributed by atoms with Crippen LogP contribution in [0.25, 0.3) is 0 Å². The number of unbranched alkanes of at least 4 members (excludes halogenated alkanes) is 3. The van der Waals surface area contributed by atoms with E-state index in [9.17, 15) is 0 Å². The fraction of sp³-hybridized carbons (Fsp3) is 0.300. The summed E-state index contributed by atoms with van der Waals surface area (Å²) in [7, 11) is 0. The maximum Gasteiger partial charge on any atom is 0.0389 e. The molecule has 2 heteroatoms.